The maximum Gasteiger partial charge on any atom is 0.377 e. The molecule has 23 heavy (non-hydrogen) atoms. The first-order valence-electron chi connectivity index (χ1n) is 7.85. The third kappa shape index (κ3) is 2.65. The van der Waals surface area contributed by atoms with E-state index >= 15 is 0 Å². The second-order valence-corrected chi connectivity index (χ2v) is 7.10. The van der Waals surface area contributed by atoms with Crippen molar-refractivity contribution in [1.82, 2.24) is 0 Å². The van der Waals surface area contributed by atoms with Crippen LogP contribution in [0.4, 0.5) is 8.78 Å². The number of carbonyl (C=O) groups is 1. The predicted octanol–water partition coefficient (Wildman–Crippen LogP) is 0.697. The lowest BCUT2D eigenvalue weighted by atomic mass is 9.86. The molecule has 2 saturated carbocycles. The van der Waals surface area contributed by atoms with Gasteiger partial charge >= 0.3 is 11.9 Å². The van der Waals surface area contributed by atoms with Crippen molar-refractivity contribution in [3.63, 3.8) is 0 Å². The van der Waals surface area contributed by atoms with Gasteiger partial charge in [-0.15, -0.1) is 0 Å². The van der Waals surface area contributed by atoms with Crippen molar-refractivity contribution in [2.75, 3.05) is 26.4 Å². The number of ether oxygens (including phenoxy) is 3. The van der Waals surface area contributed by atoms with Gasteiger partial charge in [-0.2, -0.15) is 8.78 Å². The van der Waals surface area contributed by atoms with E-state index in [0.717, 1.165) is 12.8 Å². The van der Waals surface area contributed by atoms with Gasteiger partial charge < -0.3 is 24.4 Å². The Bertz CT molecular complexity index is 463. The van der Waals surface area contributed by atoms with Gasteiger partial charge in [-0.3, -0.25) is 0 Å². The van der Waals surface area contributed by atoms with Gasteiger partial charge in [0.15, 0.2) is 6.10 Å². The number of hydrogen-bond acceptors (Lipinski definition) is 6. The molecule has 1 saturated heterocycles. The molecule has 1 heterocycles. The topological polar surface area (TPSA) is 85.2 Å². The Morgan fingerprint density at radius 2 is 1.87 bits per heavy atom. The van der Waals surface area contributed by atoms with Gasteiger partial charge in [-0.25, -0.2) is 4.79 Å². The van der Waals surface area contributed by atoms with Gasteiger partial charge in [-0.05, 0) is 19.3 Å². The van der Waals surface area contributed by atoms with Gasteiger partial charge in [0, 0.05) is 18.8 Å². The van der Waals surface area contributed by atoms with E-state index in [-0.39, 0.29) is 38.3 Å². The lowest BCUT2D eigenvalue weighted by Gasteiger charge is -2.49. The molecule has 3 rings (SSSR count). The SMILES string of the molecule is CC(F)(F)C(=O)OC1C2CCC(C2)C12OCC(CO)(CO)CO2. The Balaban J connectivity index is 1.79. The van der Waals surface area contributed by atoms with E-state index in [1.807, 2.05) is 0 Å². The molecule has 2 bridgehead atoms. The average molecular weight is 336 g/mol. The van der Waals surface area contributed by atoms with Crippen LogP contribution in [0, 0.1) is 17.3 Å². The van der Waals surface area contributed by atoms with Crippen LogP contribution >= 0.6 is 0 Å². The first-order valence-corrected chi connectivity index (χ1v) is 7.85. The molecule has 0 radical (unpaired) electrons. The molecule has 1 aliphatic heterocycles. The molecule has 3 fully saturated rings. The Morgan fingerprint density at radius 1 is 1.26 bits per heavy atom. The first kappa shape index (κ1) is 17.0. The summed E-state index contributed by atoms with van der Waals surface area (Å²) in [6.45, 7) is -0.0732. The second-order valence-electron chi connectivity index (χ2n) is 7.10. The highest BCUT2D eigenvalue weighted by Crippen LogP contribution is 2.56. The molecule has 132 valence electrons. The number of halogens is 2. The molecule has 3 atom stereocenters. The maximum absolute atomic E-state index is 13.2. The second kappa shape index (κ2) is 5.61. The number of hydrogen-bond donors (Lipinski definition) is 2. The summed E-state index contributed by atoms with van der Waals surface area (Å²) < 4.78 is 43.1. The summed E-state index contributed by atoms with van der Waals surface area (Å²) in [5.41, 5.74) is -0.920. The summed E-state index contributed by atoms with van der Waals surface area (Å²) in [4.78, 5) is 11.6. The zero-order valence-electron chi connectivity index (χ0n) is 13.0. The number of aliphatic hydroxyl groups is 2. The number of alkyl halides is 2. The lowest BCUT2D eigenvalue weighted by Crippen LogP contribution is -2.61. The van der Waals surface area contributed by atoms with E-state index in [0.29, 0.717) is 13.3 Å². The van der Waals surface area contributed by atoms with Crippen molar-refractivity contribution >= 4 is 5.97 Å². The lowest BCUT2D eigenvalue weighted by molar-refractivity contribution is -0.360. The van der Waals surface area contributed by atoms with Crippen LogP contribution in [0.5, 0.6) is 0 Å². The zero-order chi connectivity index (χ0) is 16.9. The molecule has 2 N–H and O–H groups in total. The summed E-state index contributed by atoms with van der Waals surface area (Å²) in [6.07, 6.45) is 1.40. The Labute approximate surface area is 132 Å². The summed E-state index contributed by atoms with van der Waals surface area (Å²) in [5, 5.41) is 18.8. The van der Waals surface area contributed by atoms with Crippen LogP contribution in [-0.4, -0.2) is 60.4 Å². The molecule has 6 nitrogen and oxygen atoms in total. The van der Waals surface area contributed by atoms with E-state index in [9.17, 15) is 23.8 Å². The van der Waals surface area contributed by atoms with Crippen LogP contribution < -0.4 is 0 Å². The van der Waals surface area contributed by atoms with E-state index < -0.39 is 29.2 Å². The van der Waals surface area contributed by atoms with Crippen molar-refractivity contribution in [3.05, 3.63) is 0 Å². The molecule has 0 aromatic carbocycles. The number of carbonyl (C=O) groups excluding carboxylic acids is 1. The molecule has 0 aromatic rings. The van der Waals surface area contributed by atoms with Crippen LogP contribution in [-0.2, 0) is 19.0 Å². The Kier molecular flexibility index (Phi) is 4.15. The first-order chi connectivity index (χ1) is 10.8. The fourth-order valence-electron chi connectivity index (χ4n) is 3.86. The van der Waals surface area contributed by atoms with Crippen LogP contribution in [0.2, 0.25) is 0 Å². The fourth-order valence-corrected chi connectivity index (χ4v) is 3.86. The highest BCUT2D eigenvalue weighted by Gasteiger charge is 2.65. The summed E-state index contributed by atoms with van der Waals surface area (Å²) in [7, 11) is 0. The third-order valence-corrected chi connectivity index (χ3v) is 5.34. The quantitative estimate of drug-likeness (QED) is 0.735. The summed E-state index contributed by atoms with van der Waals surface area (Å²) in [5.74, 6) is -6.49. The zero-order valence-corrected chi connectivity index (χ0v) is 13.0. The average Bonchev–Trinajstić information content (AvgIpc) is 3.10. The molecule has 0 aromatic heterocycles. The highest BCUT2D eigenvalue weighted by atomic mass is 19.3. The van der Waals surface area contributed by atoms with E-state index in [1.54, 1.807) is 0 Å². The molecule has 3 unspecified atom stereocenters. The van der Waals surface area contributed by atoms with Gasteiger partial charge in [0.2, 0.25) is 5.79 Å². The highest BCUT2D eigenvalue weighted by molar-refractivity contribution is 5.77. The van der Waals surface area contributed by atoms with Crippen LogP contribution in [0.15, 0.2) is 0 Å². The van der Waals surface area contributed by atoms with Crippen LogP contribution in [0.1, 0.15) is 26.2 Å². The third-order valence-electron chi connectivity index (χ3n) is 5.34. The standard InChI is InChI=1S/C15H22F2O6/c1-13(16,17)12(20)23-11-9-2-3-10(4-9)15(11)21-7-14(5-18,6-19)8-22-15/h9-11,18-19H,2-8H2,1H3. The van der Waals surface area contributed by atoms with Gasteiger partial charge in [0.05, 0.1) is 31.8 Å². The molecular weight excluding hydrogens is 314 g/mol. The molecule has 0 amide bonds. The van der Waals surface area contributed by atoms with E-state index in [1.165, 1.54) is 0 Å². The maximum atomic E-state index is 13.2. The van der Waals surface area contributed by atoms with Crippen molar-refractivity contribution < 1.29 is 38.0 Å². The Morgan fingerprint density at radius 3 is 2.39 bits per heavy atom. The van der Waals surface area contributed by atoms with Crippen molar-refractivity contribution in [2.45, 2.75) is 44.0 Å². The Hall–Kier alpha value is -0.830. The minimum atomic E-state index is -3.57. The molecule has 1 spiro atoms. The normalized spacial score (nSPS) is 34.7. The minimum Gasteiger partial charge on any atom is -0.452 e. The molecule has 3 aliphatic rings. The number of fused-ring (bicyclic) bond motifs is 3. The molecule has 2 aliphatic carbocycles. The van der Waals surface area contributed by atoms with Crippen molar-refractivity contribution in [1.29, 1.82) is 0 Å². The molecule has 8 heteroatoms. The monoisotopic (exact) mass is 336 g/mol. The fraction of sp³-hybridized carbons (Fsp3) is 0.933. The van der Waals surface area contributed by atoms with Gasteiger partial charge in [0.25, 0.3) is 0 Å². The van der Waals surface area contributed by atoms with Crippen molar-refractivity contribution in [2.24, 2.45) is 17.3 Å². The summed E-state index contributed by atoms with van der Waals surface area (Å²) in [6, 6.07) is 0. The predicted molar refractivity (Wildman–Crippen MR) is 72.6 cm³/mol. The van der Waals surface area contributed by atoms with Crippen LogP contribution in [0.3, 0.4) is 0 Å². The number of rotatable bonds is 4. The number of aliphatic hydroxyl groups excluding tert-OH is 2. The largest absolute Gasteiger partial charge is 0.452 e. The van der Waals surface area contributed by atoms with E-state index in [4.69, 9.17) is 14.2 Å². The van der Waals surface area contributed by atoms with Crippen molar-refractivity contribution in [3.8, 4) is 0 Å². The summed E-state index contributed by atoms with van der Waals surface area (Å²) >= 11 is 0. The molecular formula is C15H22F2O6. The van der Waals surface area contributed by atoms with Gasteiger partial charge in [-0.1, -0.05) is 0 Å². The van der Waals surface area contributed by atoms with E-state index in [2.05, 4.69) is 0 Å². The number of esters is 1. The van der Waals surface area contributed by atoms with Crippen LogP contribution in [0.25, 0.3) is 0 Å². The smallest absolute Gasteiger partial charge is 0.377 e. The van der Waals surface area contributed by atoms with Gasteiger partial charge in [0.1, 0.15) is 0 Å². The minimum absolute atomic E-state index is 0.0276.